The lowest BCUT2D eigenvalue weighted by Gasteiger charge is -2.17. The number of rotatable bonds is 5. The number of aliphatic hydroxyl groups excluding tert-OH is 4. The number of hydrogen-bond acceptors (Lipinski definition) is 5. The molecule has 0 rings (SSSR count). The van der Waals surface area contributed by atoms with Crippen molar-refractivity contribution in [2.24, 2.45) is 0 Å². The van der Waals surface area contributed by atoms with Crippen LogP contribution < -0.4 is 0 Å². The van der Waals surface area contributed by atoms with Gasteiger partial charge in [0.2, 0.25) is 0 Å². The van der Waals surface area contributed by atoms with Crippen molar-refractivity contribution in [2.45, 2.75) is 18.3 Å². The monoisotopic (exact) mass is 190 g/mol. The fraction of sp³-hybridized carbons (Fsp3) is 0.667. The van der Waals surface area contributed by atoms with E-state index in [0.717, 1.165) is 0 Å². The number of carbonyl (C=O) groups is 1. The Morgan fingerprint density at radius 2 is 2.00 bits per heavy atom. The Balaban J connectivity index is 4.32. The summed E-state index contributed by atoms with van der Waals surface area (Å²) < 4.78 is 0. The van der Waals surface area contributed by atoms with Gasteiger partial charge in [0.05, 0.1) is 6.61 Å². The number of nitrogens with zero attached hydrogens (tertiary/aromatic N) is 2. The summed E-state index contributed by atoms with van der Waals surface area (Å²) in [5.74, 6) is -1.07. The third-order valence-corrected chi connectivity index (χ3v) is 1.38. The van der Waals surface area contributed by atoms with Gasteiger partial charge in [-0.15, -0.1) is 0 Å². The van der Waals surface area contributed by atoms with E-state index in [1.807, 2.05) is 0 Å². The number of ketones is 1. The maximum absolute atomic E-state index is 10.7. The topological polar surface area (TPSA) is 134 Å². The summed E-state index contributed by atoms with van der Waals surface area (Å²) >= 11 is 0. The van der Waals surface area contributed by atoms with Crippen LogP contribution in [-0.4, -0.2) is 62.1 Å². The third-order valence-electron chi connectivity index (χ3n) is 1.38. The van der Waals surface area contributed by atoms with Crippen LogP contribution >= 0.6 is 0 Å². The van der Waals surface area contributed by atoms with E-state index in [1.165, 1.54) is 0 Å². The molecule has 0 aromatic carbocycles. The van der Waals surface area contributed by atoms with Crippen LogP contribution in [0.15, 0.2) is 0 Å². The number of hydrogen-bond donors (Lipinski definition) is 4. The molecule has 0 radical (unpaired) electrons. The number of carbonyl (C=O) groups excluding carboxylic acids is 1. The molecule has 0 heterocycles. The van der Waals surface area contributed by atoms with E-state index >= 15 is 0 Å². The summed E-state index contributed by atoms with van der Waals surface area (Å²) in [6, 6.07) is 0. The minimum atomic E-state index is -1.92. The molecule has 7 nitrogen and oxygen atoms in total. The summed E-state index contributed by atoms with van der Waals surface area (Å²) in [5.41, 5.74) is 7.91. The van der Waals surface area contributed by atoms with E-state index in [-0.39, 0.29) is 0 Å². The molecule has 0 spiro atoms. The molecule has 0 aliphatic carbocycles. The van der Waals surface area contributed by atoms with E-state index in [9.17, 15) is 4.79 Å². The van der Waals surface area contributed by atoms with Gasteiger partial charge in [-0.05, 0) is 0 Å². The Labute approximate surface area is 73.5 Å². The molecule has 0 saturated carbocycles. The average molecular weight is 190 g/mol. The van der Waals surface area contributed by atoms with E-state index in [1.54, 1.807) is 0 Å². The fourth-order valence-corrected chi connectivity index (χ4v) is 0.620. The van der Waals surface area contributed by atoms with Gasteiger partial charge in [0, 0.05) is 0 Å². The van der Waals surface area contributed by atoms with Crippen LogP contribution in [0.1, 0.15) is 0 Å². The first-order valence-corrected chi connectivity index (χ1v) is 3.41. The molecule has 0 bridgehead atoms. The van der Waals surface area contributed by atoms with Crippen molar-refractivity contribution in [2.75, 3.05) is 6.61 Å². The highest BCUT2D eigenvalue weighted by Gasteiger charge is 2.30. The molecule has 0 aliphatic rings. The van der Waals surface area contributed by atoms with E-state index in [0.29, 0.717) is 6.21 Å². The van der Waals surface area contributed by atoms with Crippen LogP contribution in [0.25, 0.3) is 5.53 Å². The third kappa shape index (κ3) is 3.41. The summed E-state index contributed by atoms with van der Waals surface area (Å²) in [6.45, 7) is -0.790. The van der Waals surface area contributed by atoms with Crippen LogP contribution in [-0.2, 0) is 4.79 Å². The molecule has 7 heteroatoms. The van der Waals surface area contributed by atoms with Gasteiger partial charge >= 0.3 is 6.21 Å². The summed E-state index contributed by atoms with van der Waals surface area (Å²) in [7, 11) is 0. The molecule has 13 heavy (non-hydrogen) atoms. The molecule has 0 amide bonds. The molecule has 0 fully saturated rings. The average Bonchev–Trinajstić information content (AvgIpc) is 2.14. The Morgan fingerprint density at radius 3 is 2.38 bits per heavy atom. The highest BCUT2D eigenvalue weighted by molar-refractivity contribution is 6.27. The highest BCUT2D eigenvalue weighted by Crippen LogP contribution is 1.99. The maximum Gasteiger partial charge on any atom is 0.326 e. The first-order chi connectivity index (χ1) is 6.04. The van der Waals surface area contributed by atoms with E-state index in [2.05, 4.69) is 4.79 Å². The quantitative estimate of drug-likeness (QED) is 0.207. The summed E-state index contributed by atoms with van der Waals surface area (Å²) in [6.07, 6.45) is -4.96. The van der Waals surface area contributed by atoms with Crippen molar-refractivity contribution >= 4 is 12.0 Å². The Morgan fingerprint density at radius 1 is 1.46 bits per heavy atom. The van der Waals surface area contributed by atoms with Gasteiger partial charge in [0.15, 0.2) is 6.10 Å². The van der Waals surface area contributed by atoms with E-state index in [4.69, 9.17) is 26.0 Å². The smallest absolute Gasteiger partial charge is 0.326 e. The normalized spacial score (nSPS) is 16.9. The van der Waals surface area contributed by atoms with Gasteiger partial charge in [0.1, 0.15) is 12.2 Å². The van der Waals surface area contributed by atoms with Crippen molar-refractivity contribution in [3.05, 3.63) is 5.53 Å². The first-order valence-electron chi connectivity index (χ1n) is 3.41. The molecular formula is C6H10N2O5. The molecule has 0 unspecified atom stereocenters. The van der Waals surface area contributed by atoms with Crippen LogP contribution in [0.2, 0.25) is 0 Å². The van der Waals surface area contributed by atoms with E-state index < -0.39 is 30.7 Å². The highest BCUT2D eigenvalue weighted by atomic mass is 16.4. The molecule has 0 saturated heterocycles. The second-order valence-electron chi connectivity index (χ2n) is 2.33. The standard InChI is InChI=1S/C6H10N2O5/c7-8-1-3(10)5(12)6(13)4(11)2-9/h1,4-6,9,11-13H,2H2/t4-,5-,6+/m1/s1. The molecule has 0 aromatic rings. The number of Topliss-reactive ketones (excluding diaryl/α,β-unsaturated/α-hetero) is 1. The fourth-order valence-electron chi connectivity index (χ4n) is 0.620. The lowest BCUT2D eigenvalue weighted by atomic mass is 10.1. The van der Waals surface area contributed by atoms with Gasteiger partial charge in [-0.3, -0.25) is 4.79 Å². The van der Waals surface area contributed by atoms with Crippen LogP contribution in [0, 0.1) is 0 Å². The molecule has 3 atom stereocenters. The molecule has 74 valence electrons. The maximum atomic E-state index is 10.7. The molecular weight excluding hydrogens is 180 g/mol. The van der Waals surface area contributed by atoms with Crippen molar-refractivity contribution in [1.82, 2.24) is 0 Å². The zero-order valence-electron chi connectivity index (χ0n) is 6.61. The molecule has 0 aliphatic heterocycles. The minimum absolute atomic E-state index is 0.387. The van der Waals surface area contributed by atoms with Gasteiger partial charge in [0.25, 0.3) is 5.78 Å². The SMILES string of the molecule is [N-]=[N+]=CC(=O)[C@@H](O)[C@@H](O)[C@H](O)CO. The van der Waals surface area contributed by atoms with Crippen molar-refractivity contribution in [1.29, 1.82) is 0 Å². The zero-order chi connectivity index (χ0) is 10.4. The van der Waals surface area contributed by atoms with Crippen LogP contribution in [0.3, 0.4) is 0 Å². The number of aliphatic hydroxyl groups is 4. The molecule has 0 aromatic heterocycles. The predicted molar refractivity (Wildman–Crippen MR) is 39.8 cm³/mol. The van der Waals surface area contributed by atoms with Crippen molar-refractivity contribution in [3.63, 3.8) is 0 Å². The predicted octanol–water partition coefficient (Wildman–Crippen LogP) is -3.07. The summed E-state index contributed by atoms with van der Waals surface area (Å²) in [5, 5.41) is 35.1. The second kappa shape index (κ2) is 5.52. The Hall–Kier alpha value is -1.11. The minimum Gasteiger partial charge on any atom is -0.394 e. The Bertz CT molecular complexity index is 225. The largest absolute Gasteiger partial charge is 0.394 e. The zero-order valence-corrected chi connectivity index (χ0v) is 6.61. The van der Waals surface area contributed by atoms with Gasteiger partial charge in [-0.2, -0.15) is 4.79 Å². The summed E-state index contributed by atoms with van der Waals surface area (Å²) in [4.78, 5) is 13.0. The van der Waals surface area contributed by atoms with Crippen molar-refractivity contribution in [3.8, 4) is 0 Å². The lowest BCUT2D eigenvalue weighted by Crippen LogP contribution is -2.44. The molecule has 4 N–H and O–H groups in total. The van der Waals surface area contributed by atoms with Gasteiger partial charge in [-0.25, -0.2) is 0 Å². The van der Waals surface area contributed by atoms with Crippen LogP contribution in [0.5, 0.6) is 0 Å². The lowest BCUT2D eigenvalue weighted by molar-refractivity contribution is -0.136. The van der Waals surface area contributed by atoms with Crippen molar-refractivity contribution < 1.29 is 30.0 Å². The Kier molecular flexibility index (Phi) is 5.05. The van der Waals surface area contributed by atoms with Gasteiger partial charge in [-0.1, -0.05) is 0 Å². The second-order valence-corrected chi connectivity index (χ2v) is 2.33. The first kappa shape index (κ1) is 11.9. The van der Waals surface area contributed by atoms with Gasteiger partial charge < -0.3 is 26.0 Å². The van der Waals surface area contributed by atoms with Crippen LogP contribution in [0.4, 0.5) is 0 Å².